The van der Waals surface area contributed by atoms with Gasteiger partial charge in [0, 0.05) is 6.07 Å². The van der Waals surface area contributed by atoms with E-state index < -0.39 is 5.97 Å². The lowest BCUT2D eigenvalue weighted by molar-refractivity contribution is 0.0693. The zero-order valence-corrected chi connectivity index (χ0v) is 9.70. The average Bonchev–Trinajstić information content (AvgIpc) is 2.39. The van der Waals surface area contributed by atoms with Crippen molar-refractivity contribution in [3.63, 3.8) is 0 Å². The highest BCUT2D eigenvalue weighted by atomic mass is 16.5. The summed E-state index contributed by atoms with van der Waals surface area (Å²) < 4.78 is 5.43. The van der Waals surface area contributed by atoms with Crippen LogP contribution in [0.1, 0.15) is 15.9 Å². The predicted octanol–water partition coefficient (Wildman–Crippen LogP) is 2.75. The number of phenols is 1. The summed E-state index contributed by atoms with van der Waals surface area (Å²) in [6.07, 6.45) is 0. The summed E-state index contributed by atoms with van der Waals surface area (Å²) in [4.78, 5) is 10.7. The molecule has 0 amide bonds. The molecule has 0 bridgehead atoms. The van der Waals surface area contributed by atoms with Gasteiger partial charge in [0.1, 0.15) is 22.8 Å². The standard InChI is InChI=1S/C14H9NO4/c15-8-9-1-3-10(4-2-9)19-11-5-6-12(14(17)18)13(16)7-11/h1-7,16H,(H,17,18). The molecule has 2 aromatic rings. The molecule has 0 unspecified atom stereocenters. The van der Waals surface area contributed by atoms with Crippen LogP contribution in [0.2, 0.25) is 0 Å². The summed E-state index contributed by atoms with van der Waals surface area (Å²) in [6, 6.07) is 12.3. The van der Waals surface area contributed by atoms with Crippen molar-refractivity contribution in [3.05, 3.63) is 53.6 Å². The lowest BCUT2D eigenvalue weighted by Gasteiger charge is -2.07. The van der Waals surface area contributed by atoms with Crippen LogP contribution in [0.3, 0.4) is 0 Å². The summed E-state index contributed by atoms with van der Waals surface area (Å²) in [7, 11) is 0. The van der Waals surface area contributed by atoms with E-state index in [1.807, 2.05) is 6.07 Å². The van der Waals surface area contributed by atoms with Crippen LogP contribution in [0.25, 0.3) is 0 Å². The number of ether oxygens (including phenoxy) is 1. The maximum Gasteiger partial charge on any atom is 0.339 e. The first-order chi connectivity index (χ1) is 9.10. The molecule has 0 aliphatic rings. The SMILES string of the molecule is N#Cc1ccc(Oc2ccc(C(=O)O)c(O)c2)cc1. The van der Waals surface area contributed by atoms with Gasteiger partial charge in [-0.25, -0.2) is 4.79 Å². The van der Waals surface area contributed by atoms with Gasteiger partial charge in [-0.1, -0.05) is 0 Å². The van der Waals surface area contributed by atoms with Gasteiger partial charge >= 0.3 is 5.97 Å². The van der Waals surface area contributed by atoms with Crippen molar-refractivity contribution in [2.75, 3.05) is 0 Å². The molecule has 0 saturated carbocycles. The average molecular weight is 255 g/mol. The first kappa shape index (κ1) is 12.5. The number of nitrogens with zero attached hydrogens (tertiary/aromatic N) is 1. The van der Waals surface area contributed by atoms with Gasteiger partial charge in [0.15, 0.2) is 0 Å². The summed E-state index contributed by atoms with van der Waals surface area (Å²) >= 11 is 0. The van der Waals surface area contributed by atoms with E-state index in [1.54, 1.807) is 24.3 Å². The number of carbonyl (C=O) groups is 1. The molecule has 5 nitrogen and oxygen atoms in total. The van der Waals surface area contributed by atoms with E-state index in [0.29, 0.717) is 17.1 Å². The Morgan fingerprint density at radius 1 is 1.11 bits per heavy atom. The number of rotatable bonds is 3. The van der Waals surface area contributed by atoms with Gasteiger partial charge in [0.25, 0.3) is 0 Å². The molecule has 2 N–H and O–H groups in total. The van der Waals surface area contributed by atoms with Gasteiger partial charge in [0.05, 0.1) is 11.6 Å². The monoisotopic (exact) mass is 255 g/mol. The minimum atomic E-state index is -1.21. The minimum Gasteiger partial charge on any atom is -0.507 e. The van der Waals surface area contributed by atoms with Crippen LogP contribution >= 0.6 is 0 Å². The highest BCUT2D eigenvalue weighted by Gasteiger charge is 2.10. The van der Waals surface area contributed by atoms with Crippen molar-refractivity contribution in [2.24, 2.45) is 0 Å². The predicted molar refractivity (Wildman–Crippen MR) is 66.3 cm³/mol. The third-order valence-corrected chi connectivity index (χ3v) is 2.42. The number of hydrogen-bond donors (Lipinski definition) is 2. The van der Waals surface area contributed by atoms with Crippen molar-refractivity contribution in [1.82, 2.24) is 0 Å². The van der Waals surface area contributed by atoms with Crippen LogP contribution in [-0.4, -0.2) is 16.2 Å². The number of carboxylic acid groups (broad SMARTS) is 1. The summed E-state index contributed by atoms with van der Waals surface area (Å²) in [5.41, 5.74) is 0.323. The Bertz CT molecular complexity index is 656. The van der Waals surface area contributed by atoms with Gasteiger partial charge in [-0.05, 0) is 36.4 Å². The Labute approximate surface area is 108 Å². The van der Waals surface area contributed by atoms with Gasteiger partial charge in [-0.3, -0.25) is 0 Å². The Kier molecular flexibility index (Phi) is 3.35. The molecule has 94 valence electrons. The zero-order valence-electron chi connectivity index (χ0n) is 9.70. The van der Waals surface area contributed by atoms with Crippen molar-refractivity contribution in [1.29, 1.82) is 5.26 Å². The third-order valence-electron chi connectivity index (χ3n) is 2.42. The van der Waals surface area contributed by atoms with Crippen LogP contribution < -0.4 is 4.74 Å². The molecule has 0 aliphatic carbocycles. The quantitative estimate of drug-likeness (QED) is 0.879. The minimum absolute atomic E-state index is 0.188. The number of nitriles is 1. The fourth-order valence-corrected chi connectivity index (χ4v) is 1.49. The number of carboxylic acids is 1. The molecule has 0 atom stereocenters. The van der Waals surface area contributed by atoms with Gasteiger partial charge in [0.2, 0.25) is 0 Å². The first-order valence-corrected chi connectivity index (χ1v) is 5.34. The van der Waals surface area contributed by atoms with Crippen LogP contribution in [0, 0.1) is 11.3 Å². The van der Waals surface area contributed by atoms with E-state index in [4.69, 9.17) is 15.1 Å². The molecule has 2 rings (SSSR count). The van der Waals surface area contributed by atoms with E-state index in [0.717, 1.165) is 0 Å². The van der Waals surface area contributed by atoms with Crippen molar-refractivity contribution in [2.45, 2.75) is 0 Å². The fraction of sp³-hybridized carbons (Fsp3) is 0. The van der Waals surface area contributed by atoms with Crippen molar-refractivity contribution >= 4 is 5.97 Å². The molecular weight excluding hydrogens is 246 g/mol. The van der Waals surface area contributed by atoms with Crippen LogP contribution in [-0.2, 0) is 0 Å². The van der Waals surface area contributed by atoms with Gasteiger partial charge in [-0.2, -0.15) is 5.26 Å². The maximum absolute atomic E-state index is 10.7. The Hall–Kier alpha value is -3.00. The summed E-state index contributed by atoms with van der Waals surface area (Å²) in [6.45, 7) is 0. The zero-order chi connectivity index (χ0) is 13.8. The molecule has 0 fully saturated rings. The highest BCUT2D eigenvalue weighted by molar-refractivity contribution is 5.90. The van der Waals surface area contributed by atoms with Crippen molar-refractivity contribution < 1.29 is 19.7 Å². The number of hydrogen-bond acceptors (Lipinski definition) is 4. The molecular formula is C14H9NO4. The molecule has 19 heavy (non-hydrogen) atoms. The molecule has 0 saturated heterocycles. The molecule has 0 spiro atoms. The highest BCUT2D eigenvalue weighted by Crippen LogP contribution is 2.27. The number of aromatic carboxylic acids is 1. The van der Waals surface area contributed by atoms with E-state index in [9.17, 15) is 9.90 Å². The molecule has 0 aromatic heterocycles. The van der Waals surface area contributed by atoms with E-state index in [2.05, 4.69) is 0 Å². The maximum atomic E-state index is 10.7. The summed E-state index contributed by atoms with van der Waals surface area (Å²) in [5.74, 6) is -0.769. The van der Waals surface area contributed by atoms with E-state index in [-0.39, 0.29) is 11.3 Å². The van der Waals surface area contributed by atoms with Gasteiger partial charge in [-0.15, -0.1) is 0 Å². The Morgan fingerprint density at radius 3 is 2.26 bits per heavy atom. The molecule has 0 heterocycles. The Morgan fingerprint density at radius 2 is 1.74 bits per heavy atom. The Balaban J connectivity index is 2.21. The second-order valence-electron chi connectivity index (χ2n) is 3.72. The van der Waals surface area contributed by atoms with E-state index >= 15 is 0 Å². The van der Waals surface area contributed by atoms with Crippen LogP contribution in [0.4, 0.5) is 0 Å². The lowest BCUT2D eigenvalue weighted by atomic mass is 10.2. The lowest BCUT2D eigenvalue weighted by Crippen LogP contribution is -1.96. The molecule has 5 heteroatoms. The fourth-order valence-electron chi connectivity index (χ4n) is 1.49. The smallest absolute Gasteiger partial charge is 0.339 e. The topological polar surface area (TPSA) is 90.5 Å². The second kappa shape index (κ2) is 5.10. The third kappa shape index (κ3) is 2.82. The summed E-state index contributed by atoms with van der Waals surface area (Å²) in [5, 5.41) is 26.9. The molecule has 0 aliphatic heterocycles. The first-order valence-electron chi connectivity index (χ1n) is 5.34. The van der Waals surface area contributed by atoms with Crippen LogP contribution in [0.15, 0.2) is 42.5 Å². The molecule has 2 aromatic carbocycles. The van der Waals surface area contributed by atoms with Crippen LogP contribution in [0.5, 0.6) is 17.2 Å². The molecule has 0 radical (unpaired) electrons. The number of benzene rings is 2. The van der Waals surface area contributed by atoms with Crippen molar-refractivity contribution in [3.8, 4) is 23.3 Å². The van der Waals surface area contributed by atoms with E-state index in [1.165, 1.54) is 18.2 Å². The van der Waals surface area contributed by atoms with Gasteiger partial charge < -0.3 is 14.9 Å². The second-order valence-corrected chi connectivity index (χ2v) is 3.72. The normalized spacial score (nSPS) is 9.63. The number of aromatic hydroxyl groups is 1. The largest absolute Gasteiger partial charge is 0.507 e.